The van der Waals surface area contributed by atoms with Crippen LogP contribution in [0.2, 0.25) is 5.02 Å². The van der Waals surface area contributed by atoms with Gasteiger partial charge in [0.2, 0.25) is 0 Å². The monoisotopic (exact) mass is 336 g/mol. The van der Waals surface area contributed by atoms with Crippen LogP contribution < -0.4 is 4.90 Å². The lowest BCUT2D eigenvalue weighted by atomic mass is 10.1. The summed E-state index contributed by atoms with van der Waals surface area (Å²) in [6.07, 6.45) is -0.199. The Morgan fingerprint density at radius 2 is 2.00 bits per heavy atom. The summed E-state index contributed by atoms with van der Waals surface area (Å²) in [5.74, 6) is -0.292. The summed E-state index contributed by atoms with van der Waals surface area (Å²) in [5, 5.41) is 11.1. The van der Waals surface area contributed by atoms with Gasteiger partial charge in [0.1, 0.15) is 11.9 Å². The fourth-order valence-electron chi connectivity index (χ4n) is 2.61. The predicted molar refractivity (Wildman–Crippen MR) is 85.4 cm³/mol. The number of halogens is 2. The molecule has 0 bridgehead atoms. The number of nitro groups is 1. The highest BCUT2D eigenvalue weighted by Crippen LogP contribution is 2.33. The summed E-state index contributed by atoms with van der Waals surface area (Å²) in [6.45, 7) is 1.67. The van der Waals surface area contributed by atoms with Gasteiger partial charge in [-0.05, 0) is 23.8 Å². The molecule has 7 heteroatoms. The van der Waals surface area contributed by atoms with E-state index in [1.54, 1.807) is 18.2 Å². The summed E-state index contributed by atoms with van der Waals surface area (Å²) in [6, 6.07) is 10.6. The van der Waals surface area contributed by atoms with Gasteiger partial charge in [0.25, 0.3) is 5.69 Å². The van der Waals surface area contributed by atoms with Crippen LogP contribution in [0.15, 0.2) is 42.5 Å². The largest absolute Gasteiger partial charge is 0.370 e. The van der Waals surface area contributed by atoms with Gasteiger partial charge < -0.3 is 9.64 Å². The van der Waals surface area contributed by atoms with Crippen LogP contribution in [0.4, 0.5) is 15.8 Å². The molecule has 0 radical (unpaired) electrons. The van der Waals surface area contributed by atoms with E-state index in [0.717, 1.165) is 11.3 Å². The molecule has 0 amide bonds. The highest BCUT2D eigenvalue weighted by atomic mass is 35.5. The van der Waals surface area contributed by atoms with Gasteiger partial charge in [0.05, 0.1) is 22.2 Å². The van der Waals surface area contributed by atoms with E-state index in [2.05, 4.69) is 0 Å². The number of hydrogen-bond acceptors (Lipinski definition) is 4. The van der Waals surface area contributed by atoms with Crippen LogP contribution in [-0.4, -0.2) is 24.6 Å². The minimum atomic E-state index is -0.476. The minimum absolute atomic E-state index is 0.0397. The third-order valence-electron chi connectivity index (χ3n) is 3.79. The van der Waals surface area contributed by atoms with Crippen LogP contribution in [0.3, 0.4) is 0 Å². The molecular formula is C16H14ClFN2O3. The summed E-state index contributed by atoms with van der Waals surface area (Å²) in [4.78, 5) is 12.3. The maximum absolute atomic E-state index is 13.0. The van der Waals surface area contributed by atoms with Crippen molar-refractivity contribution < 1.29 is 14.1 Å². The molecule has 3 rings (SSSR count). The molecule has 2 aromatic rings. The standard InChI is InChI=1S/C16H14ClFN2O3/c17-14-9-13(20(21)22)5-6-15(14)19-7-8-23-16(10-19)11-1-3-12(18)4-2-11/h1-6,9,16H,7-8,10H2. The van der Waals surface area contributed by atoms with E-state index >= 15 is 0 Å². The van der Waals surface area contributed by atoms with Gasteiger partial charge in [0.15, 0.2) is 0 Å². The van der Waals surface area contributed by atoms with Crippen LogP contribution in [0.25, 0.3) is 0 Å². The average molecular weight is 337 g/mol. The lowest BCUT2D eigenvalue weighted by Gasteiger charge is -2.35. The van der Waals surface area contributed by atoms with E-state index in [0.29, 0.717) is 24.7 Å². The quantitative estimate of drug-likeness (QED) is 0.628. The molecule has 0 aliphatic carbocycles. The Hall–Kier alpha value is -2.18. The molecule has 1 saturated heterocycles. The van der Waals surface area contributed by atoms with Crippen molar-refractivity contribution >= 4 is 23.0 Å². The van der Waals surface area contributed by atoms with E-state index < -0.39 is 4.92 Å². The van der Waals surface area contributed by atoms with Gasteiger partial charge in [-0.1, -0.05) is 23.7 Å². The maximum Gasteiger partial charge on any atom is 0.271 e. The molecule has 1 unspecified atom stereocenters. The van der Waals surface area contributed by atoms with Crippen molar-refractivity contribution in [2.24, 2.45) is 0 Å². The number of ether oxygens (including phenoxy) is 1. The molecule has 1 fully saturated rings. The number of hydrogen-bond donors (Lipinski definition) is 0. The Morgan fingerprint density at radius 1 is 1.26 bits per heavy atom. The van der Waals surface area contributed by atoms with Crippen molar-refractivity contribution in [1.29, 1.82) is 0 Å². The molecule has 0 N–H and O–H groups in total. The van der Waals surface area contributed by atoms with Crippen LogP contribution in [0, 0.1) is 15.9 Å². The van der Waals surface area contributed by atoms with Gasteiger partial charge in [-0.3, -0.25) is 10.1 Å². The first-order chi connectivity index (χ1) is 11.0. The molecule has 1 aliphatic heterocycles. The SMILES string of the molecule is O=[N+]([O-])c1ccc(N2CCOC(c3ccc(F)cc3)C2)c(Cl)c1. The molecule has 2 aromatic carbocycles. The second-order valence-corrected chi connectivity index (χ2v) is 5.66. The van der Waals surface area contributed by atoms with Gasteiger partial charge >= 0.3 is 0 Å². The summed E-state index contributed by atoms with van der Waals surface area (Å²) < 4.78 is 18.8. The van der Waals surface area contributed by atoms with Crippen LogP contribution in [0.5, 0.6) is 0 Å². The fourth-order valence-corrected chi connectivity index (χ4v) is 2.91. The lowest BCUT2D eigenvalue weighted by Crippen LogP contribution is -2.38. The number of rotatable bonds is 3. The third-order valence-corrected chi connectivity index (χ3v) is 4.09. The summed E-state index contributed by atoms with van der Waals surface area (Å²) >= 11 is 6.18. The maximum atomic E-state index is 13.0. The lowest BCUT2D eigenvalue weighted by molar-refractivity contribution is -0.384. The Morgan fingerprint density at radius 3 is 2.65 bits per heavy atom. The number of nitrogens with zero attached hydrogens (tertiary/aromatic N) is 2. The first-order valence-electron chi connectivity index (χ1n) is 7.10. The van der Waals surface area contributed by atoms with Crippen molar-refractivity contribution in [1.82, 2.24) is 0 Å². The Balaban J connectivity index is 1.81. The molecule has 23 heavy (non-hydrogen) atoms. The highest BCUT2D eigenvalue weighted by Gasteiger charge is 2.24. The molecule has 120 valence electrons. The van der Waals surface area contributed by atoms with Crippen molar-refractivity contribution in [3.05, 3.63) is 69.0 Å². The first-order valence-corrected chi connectivity index (χ1v) is 7.48. The topological polar surface area (TPSA) is 55.6 Å². The van der Waals surface area contributed by atoms with Crippen molar-refractivity contribution in [2.75, 3.05) is 24.6 Å². The molecule has 0 spiro atoms. The number of non-ortho nitro benzene ring substituents is 1. The molecular weight excluding hydrogens is 323 g/mol. The Bertz CT molecular complexity index is 724. The van der Waals surface area contributed by atoms with E-state index in [1.165, 1.54) is 24.3 Å². The average Bonchev–Trinajstić information content (AvgIpc) is 2.55. The molecule has 0 saturated carbocycles. The molecule has 1 aliphatic rings. The number of morpholine rings is 1. The van der Waals surface area contributed by atoms with Crippen LogP contribution in [0.1, 0.15) is 11.7 Å². The smallest absolute Gasteiger partial charge is 0.271 e. The van der Waals surface area contributed by atoms with Gasteiger partial charge in [0, 0.05) is 25.2 Å². The second-order valence-electron chi connectivity index (χ2n) is 5.25. The molecule has 1 atom stereocenters. The summed E-state index contributed by atoms with van der Waals surface area (Å²) in [7, 11) is 0. The van der Waals surface area contributed by atoms with Gasteiger partial charge in [-0.2, -0.15) is 0 Å². The van der Waals surface area contributed by atoms with E-state index in [-0.39, 0.29) is 17.6 Å². The minimum Gasteiger partial charge on any atom is -0.370 e. The zero-order chi connectivity index (χ0) is 16.4. The zero-order valence-corrected chi connectivity index (χ0v) is 12.9. The highest BCUT2D eigenvalue weighted by molar-refractivity contribution is 6.33. The Labute approximate surface area is 137 Å². The number of nitro benzene ring substituents is 1. The van der Waals surface area contributed by atoms with E-state index in [9.17, 15) is 14.5 Å². The van der Waals surface area contributed by atoms with Crippen LogP contribution in [-0.2, 0) is 4.74 Å². The molecule has 0 aromatic heterocycles. The Kier molecular flexibility index (Phi) is 4.45. The molecule has 1 heterocycles. The molecule has 5 nitrogen and oxygen atoms in total. The van der Waals surface area contributed by atoms with Crippen LogP contribution >= 0.6 is 11.6 Å². The van der Waals surface area contributed by atoms with Gasteiger partial charge in [-0.15, -0.1) is 0 Å². The van der Waals surface area contributed by atoms with Gasteiger partial charge in [-0.25, -0.2) is 4.39 Å². The van der Waals surface area contributed by atoms with Crippen molar-refractivity contribution in [3.8, 4) is 0 Å². The van der Waals surface area contributed by atoms with Crippen molar-refractivity contribution in [2.45, 2.75) is 6.10 Å². The first kappa shape index (κ1) is 15.7. The summed E-state index contributed by atoms with van der Waals surface area (Å²) in [5.41, 5.74) is 1.57. The van der Waals surface area contributed by atoms with E-state index in [4.69, 9.17) is 16.3 Å². The second kappa shape index (κ2) is 6.52. The fraction of sp³-hybridized carbons (Fsp3) is 0.250. The van der Waals surface area contributed by atoms with E-state index in [1.807, 2.05) is 4.90 Å². The van der Waals surface area contributed by atoms with Crippen molar-refractivity contribution in [3.63, 3.8) is 0 Å². The zero-order valence-electron chi connectivity index (χ0n) is 12.1. The third kappa shape index (κ3) is 3.43. The predicted octanol–water partition coefficient (Wildman–Crippen LogP) is 3.97. The number of benzene rings is 2. The number of anilines is 1. The normalized spacial score (nSPS) is 18.0.